The van der Waals surface area contributed by atoms with E-state index >= 15 is 0 Å². The lowest BCUT2D eigenvalue weighted by atomic mass is 10.1. The van der Waals surface area contributed by atoms with E-state index in [1.165, 1.54) is 6.33 Å². The summed E-state index contributed by atoms with van der Waals surface area (Å²) < 4.78 is 6.82. The minimum Gasteiger partial charge on any atom is -0.508 e. The van der Waals surface area contributed by atoms with Gasteiger partial charge < -0.3 is 15.6 Å². The molecule has 0 saturated heterocycles. The second-order valence-corrected chi connectivity index (χ2v) is 4.57. The lowest BCUT2D eigenvalue weighted by Gasteiger charge is -2.00. The number of nitrogens with zero attached hydrogens (tertiary/aromatic N) is 4. The van der Waals surface area contributed by atoms with Crippen LogP contribution in [0, 0.1) is 0 Å². The molecule has 0 radical (unpaired) electrons. The van der Waals surface area contributed by atoms with Crippen molar-refractivity contribution in [2.45, 2.75) is 6.54 Å². The fourth-order valence-electron chi connectivity index (χ4n) is 2.22. The summed E-state index contributed by atoms with van der Waals surface area (Å²) in [6.07, 6.45) is 1.41. The molecule has 3 aromatic rings. The Balaban J connectivity index is 2.22. The van der Waals surface area contributed by atoms with E-state index in [1.54, 1.807) is 30.0 Å². The monoisotopic (exact) mass is 285 g/mol. The van der Waals surface area contributed by atoms with E-state index in [1.807, 2.05) is 6.07 Å². The SMILES string of the molecule is COCCn1nc(-c2cccc(O)c2)c2c(N)ncnc21. The average molecular weight is 285 g/mol. The lowest BCUT2D eigenvalue weighted by molar-refractivity contribution is 0.184. The first kappa shape index (κ1) is 13.3. The summed E-state index contributed by atoms with van der Waals surface area (Å²) in [6.45, 7) is 1.07. The van der Waals surface area contributed by atoms with E-state index in [0.717, 1.165) is 5.56 Å². The van der Waals surface area contributed by atoms with Gasteiger partial charge in [0.15, 0.2) is 5.65 Å². The third-order valence-electron chi connectivity index (χ3n) is 3.19. The van der Waals surface area contributed by atoms with Crippen LogP contribution in [0.5, 0.6) is 5.75 Å². The molecular weight excluding hydrogens is 270 g/mol. The molecule has 21 heavy (non-hydrogen) atoms. The van der Waals surface area contributed by atoms with E-state index in [2.05, 4.69) is 15.1 Å². The van der Waals surface area contributed by atoms with Crippen LogP contribution in [0.4, 0.5) is 5.82 Å². The highest BCUT2D eigenvalue weighted by Gasteiger charge is 2.16. The molecule has 7 nitrogen and oxygen atoms in total. The first-order chi connectivity index (χ1) is 10.2. The van der Waals surface area contributed by atoms with Crippen molar-refractivity contribution in [2.75, 3.05) is 19.5 Å². The molecule has 1 aromatic carbocycles. The fraction of sp³-hybridized carbons (Fsp3) is 0.214. The zero-order valence-corrected chi connectivity index (χ0v) is 11.5. The van der Waals surface area contributed by atoms with Gasteiger partial charge in [0, 0.05) is 12.7 Å². The van der Waals surface area contributed by atoms with Crippen LogP contribution in [-0.2, 0) is 11.3 Å². The van der Waals surface area contributed by atoms with Gasteiger partial charge in [0.25, 0.3) is 0 Å². The molecule has 2 aromatic heterocycles. The molecule has 0 unspecified atom stereocenters. The molecule has 0 fully saturated rings. The highest BCUT2D eigenvalue weighted by molar-refractivity contribution is 5.98. The minimum atomic E-state index is 0.169. The van der Waals surface area contributed by atoms with Crippen LogP contribution in [0.25, 0.3) is 22.3 Å². The van der Waals surface area contributed by atoms with Crippen LogP contribution in [0.1, 0.15) is 0 Å². The fourth-order valence-corrected chi connectivity index (χ4v) is 2.22. The quantitative estimate of drug-likeness (QED) is 0.752. The van der Waals surface area contributed by atoms with Gasteiger partial charge in [-0.25, -0.2) is 14.6 Å². The molecule has 0 saturated carbocycles. The summed E-state index contributed by atoms with van der Waals surface area (Å²) in [7, 11) is 1.63. The van der Waals surface area contributed by atoms with Crippen molar-refractivity contribution in [3.63, 3.8) is 0 Å². The molecule has 0 atom stereocenters. The predicted molar refractivity (Wildman–Crippen MR) is 78.7 cm³/mol. The standard InChI is InChI=1S/C14H15N5O2/c1-21-6-5-19-14-11(13(15)16-8-17-14)12(18-19)9-3-2-4-10(20)7-9/h2-4,7-8,20H,5-6H2,1H3,(H2,15,16,17). The highest BCUT2D eigenvalue weighted by atomic mass is 16.5. The second-order valence-electron chi connectivity index (χ2n) is 4.57. The number of phenols is 1. The van der Waals surface area contributed by atoms with Crippen LogP contribution >= 0.6 is 0 Å². The molecular formula is C14H15N5O2. The molecule has 2 heterocycles. The topological polar surface area (TPSA) is 99.1 Å². The van der Waals surface area contributed by atoms with E-state index in [9.17, 15) is 5.11 Å². The van der Waals surface area contributed by atoms with Crippen molar-refractivity contribution in [1.29, 1.82) is 0 Å². The highest BCUT2D eigenvalue weighted by Crippen LogP contribution is 2.31. The maximum Gasteiger partial charge on any atom is 0.164 e. The number of rotatable bonds is 4. The third kappa shape index (κ3) is 2.38. The summed E-state index contributed by atoms with van der Waals surface area (Å²) in [5.74, 6) is 0.532. The Morgan fingerprint density at radius 1 is 1.33 bits per heavy atom. The van der Waals surface area contributed by atoms with Crippen LogP contribution in [0.15, 0.2) is 30.6 Å². The van der Waals surface area contributed by atoms with Crippen molar-refractivity contribution >= 4 is 16.9 Å². The molecule has 0 spiro atoms. The maximum atomic E-state index is 9.65. The Hall–Kier alpha value is -2.67. The van der Waals surface area contributed by atoms with Crippen molar-refractivity contribution in [2.24, 2.45) is 0 Å². The number of benzene rings is 1. The molecule has 0 amide bonds. The number of anilines is 1. The first-order valence-electron chi connectivity index (χ1n) is 6.46. The Morgan fingerprint density at radius 2 is 2.19 bits per heavy atom. The largest absolute Gasteiger partial charge is 0.508 e. The molecule has 7 heteroatoms. The Morgan fingerprint density at radius 3 is 2.95 bits per heavy atom. The lowest BCUT2D eigenvalue weighted by Crippen LogP contribution is -2.06. The van der Waals surface area contributed by atoms with Gasteiger partial charge in [-0.2, -0.15) is 5.10 Å². The van der Waals surface area contributed by atoms with Crippen LogP contribution < -0.4 is 5.73 Å². The van der Waals surface area contributed by atoms with Crippen LogP contribution in [0.2, 0.25) is 0 Å². The van der Waals surface area contributed by atoms with E-state index in [-0.39, 0.29) is 5.75 Å². The number of nitrogens with two attached hydrogens (primary N) is 1. The van der Waals surface area contributed by atoms with Crippen molar-refractivity contribution in [1.82, 2.24) is 19.7 Å². The first-order valence-corrected chi connectivity index (χ1v) is 6.46. The molecule has 108 valence electrons. The molecule has 0 aliphatic heterocycles. The van der Waals surface area contributed by atoms with E-state index in [0.29, 0.717) is 35.7 Å². The van der Waals surface area contributed by atoms with Crippen LogP contribution in [-0.4, -0.2) is 38.6 Å². The number of aromatic nitrogens is 4. The molecule has 0 aliphatic rings. The summed E-state index contributed by atoms with van der Waals surface area (Å²) in [5.41, 5.74) is 8.04. The van der Waals surface area contributed by atoms with Crippen LogP contribution in [0.3, 0.4) is 0 Å². The van der Waals surface area contributed by atoms with Gasteiger partial charge in [-0.3, -0.25) is 0 Å². The Bertz CT molecular complexity index is 784. The Labute approximate surface area is 121 Å². The maximum absolute atomic E-state index is 9.65. The van der Waals surface area contributed by atoms with Crippen molar-refractivity contribution < 1.29 is 9.84 Å². The van der Waals surface area contributed by atoms with E-state index in [4.69, 9.17) is 10.5 Å². The summed E-state index contributed by atoms with van der Waals surface area (Å²) >= 11 is 0. The van der Waals surface area contributed by atoms with Gasteiger partial charge in [-0.1, -0.05) is 12.1 Å². The number of nitrogen functional groups attached to an aromatic ring is 1. The molecule has 3 rings (SSSR count). The van der Waals surface area contributed by atoms with Gasteiger partial charge in [-0.15, -0.1) is 0 Å². The molecule has 0 aliphatic carbocycles. The number of phenolic OH excluding ortho intramolecular Hbond substituents is 1. The zero-order valence-electron chi connectivity index (χ0n) is 11.5. The summed E-state index contributed by atoms with van der Waals surface area (Å²) in [5, 5.41) is 14.9. The molecule has 3 N–H and O–H groups in total. The van der Waals surface area contributed by atoms with Gasteiger partial charge in [-0.05, 0) is 12.1 Å². The number of hydrogen-bond acceptors (Lipinski definition) is 6. The van der Waals surface area contributed by atoms with E-state index < -0.39 is 0 Å². The zero-order chi connectivity index (χ0) is 14.8. The number of fused-ring (bicyclic) bond motifs is 1. The normalized spacial score (nSPS) is 11.1. The summed E-state index contributed by atoms with van der Waals surface area (Å²) in [4.78, 5) is 8.28. The predicted octanol–water partition coefficient (Wildman–Crippen LogP) is 1.43. The minimum absolute atomic E-state index is 0.169. The molecule has 0 bridgehead atoms. The number of ether oxygens (including phenoxy) is 1. The third-order valence-corrected chi connectivity index (χ3v) is 3.19. The second kappa shape index (κ2) is 5.37. The van der Waals surface area contributed by atoms with Crippen molar-refractivity contribution in [3.8, 4) is 17.0 Å². The number of methoxy groups -OCH3 is 1. The van der Waals surface area contributed by atoms with Gasteiger partial charge in [0.2, 0.25) is 0 Å². The van der Waals surface area contributed by atoms with Crippen molar-refractivity contribution in [3.05, 3.63) is 30.6 Å². The smallest absolute Gasteiger partial charge is 0.164 e. The average Bonchev–Trinajstić information content (AvgIpc) is 2.85. The van der Waals surface area contributed by atoms with Gasteiger partial charge in [0.05, 0.1) is 18.5 Å². The number of hydrogen-bond donors (Lipinski definition) is 2. The summed E-state index contributed by atoms with van der Waals surface area (Å²) in [6, 6.07) is 6.85. The van der Waals surface area contributed by atoms with Gasteiger partial charge >= 0.3 is 0 Å². The number of aromatic hydroxyl groups is 1. The Kier molecular flexibility index (Phi) is 3.41. The van der Waals surface area contributed by atoms with Gasteiger partial charge in [0.1, 0.15) is 23.6 Å².